The van der Waals surface area contributed by atoms with Crippen molar-refractivity contribution in [1.82, 2.24) is 10.2 Å². The van der Waals surface area contributed by atoms with Crippen LogP contribution in [0.1, 0.15) is 46.6 Å². The molecule has 0 heterocycles. The van der Waals surface area contributed by atoms with E-state index in [1.54, 1.807) is 4.90 Å². The number of benzene rings is 1. The van der Waals surface area contributed by atoms with Crippen LogP contribution in [0.3, 0.4) is 0 Å². The highest BCUT2D eigenvalue weighted by Gasteiger charge is 2.36. The minimum Gasteiger partial charge on any atom is -0.449 e. The molecule has 158 valence electrons. The lowest BCUT2D eigenvalue weighted by molar-refractivity contribution is 0.0269. The maximum atomic E-state index is 12.9. The number of aliphatic hydroxyl groups is 1. The maximum absolute atomic E-state index is 12.9. The van der Waals surface area contributed by atoms with Crippen LogP contribution in [0.5, 0.6) is 0 Å². The molecule has 0 spiro atoms. The molecule has 0 saturated heterocycles. The highest BCUT2D eigenvalue weighted by molar-refractivity contribution is 5.70. The average Bonchev–Trinajstić information content (AvgIpc) is 2.63. The van der Waals surface area contributed by atoms with Crippen LogP contribution < -0.4 is 5.32 Å². The molecule has 0 fully saturated rings. The minimum absolute atomic E-state index is 0.0348. The van der Waals surface area contributed by atoms with Crippen molar-refractivity contribution in [3.05, 3.63) is 35.9 Å². The van der Waals surface area contributed by atoms with Crippen molar-refractivity contribution in [2.75, 3.05) is 19.8 Å². The van der Waals surface area contributed by atoms with Gasteiger partial charge in [-0.05, 0) is 32.3 Å². The highest BCUT2D eigenvalue weighted by atomic mass is 16.6. The standard InChI is InChI=1S/C21H34N2O5/c1-16(2)18(14-22-19(25)27-13-9-12-24)23(21(3,4)5)20(26)28-15-17-10-7-6-8-11-17/h6-8,10-11,16,18,24H,9,12-15H2,1-5H3,(H,22,25). The summed E-state index contributed by atoms with van der Waals surface area (Å²) in [6.07, 6.45) is -0.600. The molecule has 7 nitrogen and oxygen atoms in total. The van der Waals surface area contributed by atoms with E-state index in [0.717, 1.165) is 5.56 Å². The maximum Gasteiger partial charge on any atom is 0.410 e. The summed E-state index contributed by atoms with van der Waals surface area (Å²) in [6.45, 7) is 10.3. The molecule has 1 aromatic carbocycles. The van der Waals surface area contributed by atoms with E-state index >= 15 is 0 Å². The Bertz CT molecular complexity index is 599. The molecule has 28 heavy (non-hydrogen) atoms. The van der Waals surface area contributed by atoms with Gasteiger partial charge in [-0.25, -0.2) is 9.59 Å². The summed E-state index contributed by atoms with van der Waals surface area (Å²) in [5.74, 6) is 0.0845. The monoisotopic (exact) mass is 394 g/mol. The van der Waals surface area contributed by atoms with Gasteiger partial charge in [0.05, 0.1) is 12.6 Å². The van der Waals surface area contributed by atoms with Gasteiger partial charge < -0.3 is 19.9 Å². The van der Waals surface area contributed by atoms with Gasteiger partial charge >= 0.3 is 12.2 Å². The zero-order chi connectivity index (χ0) is 21.2. The number of amides is 2. The minimum atomic E-state index is -0.564. The first kappa shape index (κ1) is 23.8. The van der Waals surface area contributed by atoms with E-state index in [2.05, 4.69) is 5.32 Å². The van der Waals surface area contributed by atoms with Gasteiger partial charge in [0, 0.05) is 25.1 Å². The summed E-state index contributed by atoms with van der Waals surface area (Å²) in [5, 5.41) is 11.5. The van der Waals surface area contributed by atoms with Crippen LogP contribution in [0.2, 0.25) is 0 Å². The number of rotatable bonds is 9. The molecule has 0 aliphatic heterocycles. The van der Waals surface area contributed by atoms with Crippen molar-refractivity contribution < 1.29 is 24.2 Å². The van der Waals surface area contributed by atoms with Gasteiger partial charge in [-0.2, -0.15) is 0 Å². The van der Waals surface area contributed by atoms with E-state index in [4.69, 9.17) is 14.6 Å². The molecule has 1 aromatic rings. The molecule has 0 bridgehead atoms. The van der Waals surface area contributed by atoms with Crippen molar-refractivity contribution in [2.24, 2.45) is 5.92 Å². The fourth-order valence-electron chi connectivity index (χ4n) is 2.79. The summed E-state index contributed by atoms with van der Waals surface area (Å²) in [4.78, 5) is 26.4. The second-order valence-electron chi connectivity index (χ2n) is 7.99. The second kappa shape index (κ2) is 11.5. The van der Waals surface area contributed by atoms with E-state index in [-0.39, 0.29) is 38.3 Å². The van der Waals surface area contributed by atoms with Gasteiger partial charge in [-0.1, -0.05) is 44.2 Å². The first-order chi connectivity index (χ1) is 13.2. The molecule has 0 aliphatic carbocycles. The van der Waals surface area contributed by atoms with Crippen LogP contribution in [-0.4, -0.2) is 53.5 Å². The Morgan fingerprint density at radius 1 is 1.14 bits per heavy atom. The second-order valence-corrected chi connectivity index (χ2v) is 7.99. The normalized spacial score (nSPS) is 12.4. The van der Waals surface area contributed by atoms with Crippen LogP contribution in [-0.2, 0) is 16.1 Å². The fraction of sp³-hybridized carbons (Fsp3) is 0.619. The Hall–Kier alpha value is -2.28. The van der Waals surface area contributed by atoms with Gasteiger partial charge in [0.15, 0.2) is 0 Å². The first-order valence-corrected chi connectivity index (χ1v) is 9.68. The number of carbonyl (C=O) groups excluding carboxylic acids is 2. The van der Waals surface area contributed by atoms with Gasteiger partial charge in [-0.3, -0.25) is 4.90 Å². The highest BCUT2D eigenvalue weighted by Crippen LogP contribution is 2.23. The number of hydrogen-bond acceptors (Lipinski definition) is 5. The van der Waals surface area contributed by atoms with Crippen LogP contribution in [0.15, 0.2) is 30.3 Å². The molecule has 0 radical (unpaired) electrons. The number of hydrogen-bond donors (Lipinski definition) is 2. The lowest BCUT2D eigenvalue weighted by atomic mass is 9.96. The summed E-state index contributed by atoms with van der Waals surface area (Å²) in [7, 11) is 0. The van der Waals surface area contributed by atoms with E-state index in [9.17, 15) is 9.59 Å². The lowest BCUT2D eigenvalue weighted by Gasteiger charge is -2.42. The van der Waals surface area contributed by atoms with Crippen molar-refractivity contribution in [3.63, 3.8) is 0 Å². The molecule has 1 rings (SSSR count). The molecular weight excluding hydrogens is 360 g/mol. The van der Waals surface area contributed by atoms with E-state index < -0.39 is 17.7 Å². The summed E-state index contributed by atoms with van der Waals surface area (Å²) >= 11 is 0. The molecule has 0 aromatic heterocycles. The number of aliphatic hydroxyl groups excluding tert-OH is 1. The smallest absolute Gasteiger partial charge is 0.410 e. The van der Waals surface area contributed by atoms with Gasteiger partial charge in [0.1, 0.15) is 6.61 Å². The molecule has 7 heteroatoms. The largest absolute Gasteiger partial charge is 0.449 e. The van der Waals surface area contributed by atoms with Crippen LogP contribution in [0.25, 0.3) is 0 Å². The van der Waals surface area contributed by atoms with Crippen molar-refractivity contribution in [3.8, 4) is 0 Å². The topological polar surface area (TPSA) is 88.1 Å². The van der Waals surface area contributed by atoms with E-state index in [1.807, 2.05) is 65.0 Å². The Morgan fingerprint density at radius 2 is 1.79 bits per heavy atom. The Morgan fingerprint density at radius 3 is 2.32 bits per heavy atom. The average molecular weight is 395 g/mol. The lowest BCUT2D eigenvalue weighted by Crippen LogP contribution is -2.57. The Balaban J connectivity index is 2.79. The summed E-state index contributed by atoms with van der Waals surface area (Å²) in [6, 6.07) is 9.24. The number of nitrogens with zero attached hydrogens (tertiary/aromatic N) is 1. The van der Waals surface area contributed by atoms with Gasteiger partial charge in [0.25, 0.3) is 0 Å². The molecular formula is C21H34N2O5. The number of carbonyl (C=O) groups is 2. The number of alkyl carbamates (subject to hydrolysis) is 1. The summed E-state index contributed by atoms with van der Waals surface area (Å²) < 4.78 is 10.5. The Kier molecular flexibility index (Phi) is 9.79. The van der Waals surface area contributed by atoms with Crippen molar-refractivity contribution in [1.29, 1.82) is 0 Å². The molecule has 0 saturated carbocycles. The SMILES string of the molecule is CC(C)C(CNC(=O)OCCCO)N(C(=O)OCc1ccccc1)C(C)(C)C. The van der Waals surface area contributed by atoms with Crippen LogP contribution in [0, 0.1) is 5.92 Å². The summed E-state index contributed by atoms with van der Waals surface area (Å²) in [5.41, 5.74) is 0.418. The quantitative estimate of drug-likeness (QED) is 0.625. The Labute approximate surface area is 168 Å². The van der Waals surface area contributed by atoms with Gasteiger partial charge in [-0.15, -0.1) is 0 Å². The molecule has 2 N–H and O–H groups in total. The molecule has 1 atom stereocenters. The fourth-order valence-corrected chi connectivity index (χ4v) is 2.79. The van der Waals surface area contributed by atoms with Crippen molar-refractivity contribution in [2.45, 2.75) is 59.2 Å². The molecule has 1 unspecified atom stereocenters. The number of nitrogens with one attached hydrogen (secondary N) is 1. The van der Waals surface area contributed by atoms with Crippen LogP contribution in [0.4, 0.5) is 9.59 Å². The third-order valence-electron chi connectivity index (χ3n) is 4.22. The van der Waals surface area contributed by atoms with Crippen LogP contribution >= 0.6 is 0 Å². The predicted octanol–water partition coefficient (Wildman–Crippen LogP) is 3.56. The predicted molar refractivity (Wildman–Crippen MR) is 108 cm³/mol. The zero-order valence-electron chi connectivity index (χ0n) is 17.6. The zero-order valence-corrected chi connectivity index (χ0v) is 17.6. The molecule has 2 amide bonds. The van der Waals surface area contributed by atoms with E-state index in [0.29, 0.717) is 6.42 Å². The molecule has 0 aliphatic rings. The first-order valence-electron chi connectivity index (χ1n) is 9.68. The third kappa shape index (κ3) is 8.17. The van der Waals surface area contributed by atoms with Gasteiger partial charge in [0.2, 0.25) is 0 Å². The number of ether oxygens (including phenoxy) is 2. The third-order valence-corrected chi connectivity index (χ3v) is 4.22. The van der Waals surface area contributed by atoms with E-state index in [1.165, 1.54) is 0 Å². The van der Waals surface area contributed by atoms with Crippen molar-refractivity contribution >= 4 is 12.2 Å².